The molecule has 0 radical (unpaired) electrons. The molecule has 1 saturated heterocycles. The molecule has 1 aliphatic heterocycles. The van der Waals surface area contributed by atoms with Crippen molar-refractivity contribution in [2.75, 3.05) is 13.1 Å². The summed E-state index contributed by atoms with van der Waals surface area (Å²) in [5, 5.41) is 3.30. The first-order valence-corrected chi connectivity index (χ1v) is 6.95. The molecule has 1 atom stereocenters. The van der Waals surface area contributed by atoms with Crippen LogP contribution in [-0.4, -0.2) is 29.9 Å². The lowest BCUT2D eigenvalue weighted by Crippen LogP contribution is -2.50. The Morgan fingerprint density at radius 3 is 3.00 bits per heavy atom. The molecule has 19 heavy (non-hydrogen) atoms. The van der Waals surface area contributed by atoms with Crippen molar-refractivity contribution in [2.45, 2.75) is 32.4 Å². The number of rotatable bonds is 4. The highest BCUT2D eigenvalue weighted by Crippen LogP contribution is 2.19. The molecule has 0 bridgehead atoms. The lowest BCUT2D eigenvalue weighted by atomic mass is 10.0. The summed E-state index contributed by atoms with van der Waals surface area (Å²) in [7, 11) is 0. The van der Waals surface area contributed by atoms with Crippen molar-refractivity contribution in [3.05, 3.63) is 34.6 Å². The Hall–Kier alpha value is -1.13. The van der Waals surface area contributed by atoms with Gasteiger partial charge in [0.15, 0.2) is 0 Å². The largest absolute Gasteiger partial charge is 0.337 e. The Balaban J connectivity index is 2.05. The van der Waals surface area contributed by atoms with Crippen LogP contribution in [0.5, 0.6) is 0 Å². The van der Waals surface area contributed by atoms with Crippen LogP contribution in [0, 0.1) is 5.82 Å². The molecule has 0 spiro atoms. The van der Waals surface area contributed by atoms with E-state index >= 15 is 0 Å². The van der Waals surface area contributed by atoms with Crippen LogP contribution in [0.3, 0.4) is 0 Å². The summed E-state index contributed by atoms with van der Waals surface area (Å²) >= 11 is 5.76. The number of benzene rings is 1. The molecule has 104 valence electrons. The quantitative estimate of drug-likeness (QED) is 0.922. The zero-order valence-corrected chi connectivity index (χ0v) is 11.7. The molecular weight excluding hydrogens is 267 g/mol. The first-order chi connectivity index (χ1) is 9.11. The highest BCUT2D eigenvalue weighted by molar-refractivity contribution is 6.30. The molecule has 1 unspecified atom stereocenters. The number of hydrogen-bond acceptors (Lipinski definition) is 2. The topological polar surface area (TPSA) is 32.3 Å². The lowest BCUT2D eigenvalue weighted by molar-refractivity contribution is -0.136. The minimum atomic E-state index is -0.430. The summed E-state index contributed by atoms with van der Waals surface area (Å²) in [6, 6.07) is 4.51. The zero-order valence-electron chi connectivity index (χ0n) is 11.0. The van der Waals surface area contributed by atoms with E-state index in [2.05, 4.69) is 5.32 Å². The van der Waals surface area contributed by atoms with E-state index in [0.29, 0.717) is 6.54 Å². The number of halogens is 2. The van der Waals surface area contributed by atoms with Gasteiger partial charge in [-0.3, -0.25) is 4.79 Å². The molecule has 3 nitrogen and oxygen atoms in total. The lowest BCUT2D eigenvalue weighted by Gasteiger charge is -2.32. The van der Waals surface area contributed by atoms with Crippen LogP contribution in [-0.2, 0) is 11.3 Å². The van der Waals surface area contributed by atoms with E-state index in [1.165, 1.54) is 6.07 Å². The normalized spacial score (nSPS) is 19.8. The van der Waals surface area contributed by atoms with Crippen molar-refractivity contribution in [1.29, 1.82) is 0 Å². The van der Waals surface area contributed by atoms with E-state index in [1.54, 1.807) is 17.0 Å². The summed E-state index contributed by atoms with van der Waals surface area (Å²) in [5.41, 5.74) is 0.858. The molecule has 0 aromatic heterocycles. The number of amides is 1. The van der Waals surface area contributed by atoms with Gasteiger partial charge >= 0.3 is 0 Å². The Morgan fingerprint density at radius 2 is 2.32 bits per heavy atom. The Morgan fingerprint density at radius 1 is 1.53 bits per heavy atom. The average molecular weight is 285 g/mol. The minimum absolute atomic E-state index is 0.0883. The van der Waals surface area contributed by atoms with Crippen LogP contribution >= 0.6 is 11.6 Å². The predicted octanol–water partition coefficient (Wildman–Crippen LogP) is 2.58. The maximum Gasteiger partial charge on any atom is 0.240 e. The van der Waals surface area contributed by atoms with Gasteiger partial charge in [0.2, 0.25) is 5.91 Å². The van der Waals surface area contributed by atoms with Crippen molar-refractivity contribution in [3.63, 3.8) is 0 Å². The number of hydrogen-bond donors (Lipinski definition) is 1. The Bertz CT molecular complexity index is 465. The van der Waals surface area contributed by atoms with Gasteiger partial charge in [0.05, 0.1) is 11.1 Å². The molecular formula is C14H18ClFN2O. The van der Waals surface area contributed by atoms with Crippen LogP contribution in [0.25, 0.3) is 0 Å². The van der Waals surface area contributed by atoms with Gasteiger partial charge in [0.1, 0.15) is 5.82 Å². The summed E-state index contributed by atoms with van der Waals surface area (Å²) in [5.74, 6) is -0.311. The second-order valence-corrected chi connectivity index (χ2v) is 5.17. The standard InChI is InChI=1S/C14H18ClFN2O/c1-2-17-13-4-3-7-18(14(13)19)9-10-5-6-12(16)11(15)8-10/h5-6,8,13,17H,2-4,7,9H2,1H3. The zero-order chi connectivity index (χ0) is 13.8. The summed E-state index contributed by atoms with van der Waals surface area (Å²) < 4.78 is 13.1. The molecule has 0 saturated carbocycles. The third-order valence-corrected chi connectivity index (χ3v) is 3.63. The second-order valence-electron chi connectivity index (χ2n) is 4.76. The second kappa shape index (κ2) is 6.35. The van der Waals surface area contributed by atoms with Gasteiger partial charge in [-0.25, -0.2) is 4.39 Å². The fourth-order valence-electron chi connectivity index (χ4n) is 2.39. The van der Waals surface area contributed by atoms with Crippen LogP contribution in [0.1, 0.15) is 25.3 Å². The third-order valence-electron chi connectivity index (χ3n) is 3.34. The number of nitrogens with zero attached hydrogens (tertiary/aromatic N) is 1. The Labute approximate surface area is 117 Å². The van der Waals surface area contributed by atoms with E-state index in [9.17, 15) is 9.18 Å². The van der Waals surface area contributed by atoms with Gasteiger partial charge < -0.3 is 10.2 Å². The van der Waals surface area contributed by atoms with E-state index in [4.69, 9.17) is 11.6 Å². The van der Waals surface area contributed by atoms with Crippen LogP contribution in [0.4, 0.5) is 4.39 Å². The van der Waals surface area contributed by atoms with Gasteiger partial charge in [-0.05, 0) is 37.1 Å². The molecule has 1 aliphatic rings. The van der Waals surface area contributed by atoms with Crippen LogP contribution < -0.4 is 5.32 Å². The summed E-state index contributed by atoms with van der Waals surface area (Å²) in [6.07, 6.45) is 1.87. The molecule has 1 heterocycles. The highest BCUT2D eigenvalue weighted by atomic mass is 35.5. The van der Waals surface area contributed by atoms with E-state index < -0.39 is 5.82 Å². The van der Waals surface area contributed by atoms with E-state index in [0.717, 1.165) is 31.5 Å². The first kappa shape index (κ1) is 14.3. The number of nitrogens with one attached hydrogen (secondary N) is 1. The van der Waals surface area contributed by atoms with Gasteiger partial charge in [0, 0.05) is 13.1 Å². The van der Waals surface area contributed by atoms with Crippen molar-refractivity contribution >= 4 is 17.5 Å². The molecule has 1 N–H and O–H groups in total. The maximum atomic E-state index is 13.1. The van der Waals surface area contributed by atoms with Gasteiger partial charge in [-0.2, -0.15) is 0 Å². The number of likely N-dealkylation sites (tertiary alicyclic amines) is 1. The van der Waals surface area contributed by atoms with Gasteiger partial charge in [-0.1, -0.05) is 24.6 Å². The van der Waals surface area contributed by atoms with E-state index in [1.807, 2.05) is 6.92 Å². The van der Waals surface area contributed by atoms with Gasteiger partial charge in [0.25, 0.3) is 0 Å². The van der Waals surface area contributed by atoms with Gasteiger partial charge in [-0.15, -0.1) is 0 Å². The molecule has 1 aromatic rings. The van der Waals surface area contributed by atoms with Crippen molar-refractivity contribution in [2.24, 2.45) is 0 Å². The number of likely N-dealkylation sites (N-methyl/N-ethyl adjacent to an activating group) is 1. The van der Waals surface area contributed by atoms with Crippen LogP contribution in [0.15, 0.2) is 18.2 Å². The minimum Gasteiger partial charge on any atom is -0.337 e. The molecule has 5 heteroatoms. The molecule has 0 aliphatic carbocycles. The fraction of sp³-hybridized carbons (Fsp3) is 0.500. The monoisotopic (exact) mass is 284 g/mol. The third kappa shape index (κ3) is 3.45. The average Bonchev–Trinajstić information content (AvgIpc) is 2.39. The SMILES string of the molecule is CCNC1CCCN(Cc2ccc(F)c(Cl)c2)C1=O. The number of carbonyl (C=O) groups is 1. The molecule has 1 aromatic carbocycles. The van der Waals surface area contributed by atoms with E-state index in [-0.39, 0.29) is 17.0 Å². The highest BCUT2D eigenvalue weighted by Gasteiger charge is 2.27. The Kier molecular flexibility index (Phi) is 4.77. The molecule has 2 rings (SSSR count). The van der Waals surface area contributed by atoms with Crippen LogP contribution in [0.2, 0.25) is 5.02 Å². The van der Waals surface area contributed by atoms with Crippen molar-refractivity contribution in [1.82, 2.24) is 10.2 Å². The predicted molar refractivity (Wildman–Crippen MR) is 73.5 cm³/mol. The number of carbonyl (C=O) groups excluding carboxylic acids is 1. The summed E-state index contributed by atoms with van der Waals surface area (Å²) in [6.45, 7) is 4.01. The fourth-order valence-corrected chi connectivity index (χ4v) is 2.59. The maximum absolute atomic E-state index is 13.1. The molecule has 1 amide bonds. The van der Waals surface area contributed by atoms with Crippen molar-refractivity contribution < 1.29 is 9.18 Å². The number of piperidine rings is 1. The first-order valence-electron chi connectivity index (χ1n) is 6.58. The molecule has 1 fully saturated rings. The smallest absolute Gasteiger partial charge is 0.240 e. The summed E-state index contributed by atoms with van der Waals surface area (Å²) in [4.78, 5) is 14.0. The van der Waals surface area contributed by atoms with Crippen molar-refractivity contribution in [3.8, 4) is 0 Å².